The van der Waals surface area contributed by atoms with Crippen molar-refractivity contribution in [2.45, 2.75) is 4.90 Å². The predicted octanol–water partition coefficient (Wildman–Crippen LogP) is 3.71. The summed E-state index contributed by atoms with van der Waals surface area (Å²) in [6.07, 6.45) is 0. The van der Waals surface area contributed by atoms with E-state index in [1.54, 1.807) is 54.6 Å². The first kappa shape index (κ1) is 16.4. The van der Waals surface area contributed by atoms with E-state index in [1.165, 1.54) is 13.2 Å². The van der Waals surface area contributed by atoms with Crippen molar-refractivity contribution in [1.29, 1.82) is 0 Å². The van der Waals surface area contributed by atoms with Gasteiger partial charge in [0.1, 0.15) is 5.75 Å². The monoisotopic (exact) mass is 365 g/mol. The van der Waals surface area contributed by atoms with Crippen molar-refractivity contribution in [3.63, 3.8) is 0 Å². The van der Waals surface area contributed by atoms with Gasteiger partial charge in [-0.3, -0.25) is 4.79 Å². The van der Waals surface area contributed by atoms with Crippen LogP contribution in [0.5, 0.6) is 5.75 Å². The van der Waals surface area contributed by atoms with Crippen LogP contribution in [0.25, 0.3) is 11.1 Å². The third-order valence-corrected chi connectivity index (χ3v) is 6.09. The molecule has 26 heavy (non-hydrogen) atoms. The Morgan fingerprint density at radius 1 is 0.846 bits per heavy atom. The molecule has 0 aliphatic carbocycles. The van der Waals surface area contributed by atoms with Crippen LogP contribution in [0.15, 0.2) is 77.7 Å². The van der Waals surface area contributed by atoms with Crippen LogP contribution in [0.3, 0.4) is 0 Å². The van der Waals surface area contributed by atoms with Crippen molar-refractivity contribution in [2.75, 3.05) is 11.4 Å². The van der Waals surface area contributed by atoms with Crippen LogP contribution in [0.2, 0.25) is 0 Å². The van der Waals surface area contributed by atoms with Gasteiger partial charge in [0, 0.05) is 16.7 Å². The number of methoxy groups -OCH3 is 1. The van der Waals surface area contributed by atoms with Crippen LogP contribution in [-0.2, 0) is 10.0 Å². The molecule has 0 spiro atoms. The molecule has 3 aromatic carbocycles. The van der Waals surface area contributed by atoms with Gasteiger partial charge in [-0.05, 0) is 36.4 Å². The van der Waals surface area contributed by atoms with Crippen molar-refractivity contribution < 1.29 is 17.9 Å². The molecule has 4 rings (SSSR count). The smallest absolute Gasteiger partial charge is 0.272 e. The SMILES string of the molecule is COc1ccc(C(=O)N2c3ccccc3-c3ccccc3S2(=O)=O)cc1. The van der Waals surface area contributed by atoms with Gasteiger partial charge >= 0.3 is 0 Å². The van der Waals surface area contributed by atoms with Crippen LogP contribution in [0.1, 0.15) is 10.4 Å². The Kier molecular flexibility index (Phi) is 3.77. The summed E-state index contributed by atoms with van der Waals surface area (Å²) in [7, 11) is -2.48. The number of amides is 1. The van der Waals surface area contributed by atoms with E-state index in [4.69, 9.17) is 4.74 Å². The number of hydrogen-bond donors (Lipinski definition) is 0. The maximum Gasteiger partial charge on any atom is 0.272 e. The van der Waals surface area contributed by atoms with Gasteiger partial charge in [0.15, 0.2) is 0 Å². The summed E-state index contributed by atoms with van der Waals surface area (Å²) in [5.74, 6) is -0.0107. The second-order valence-corrected chi connectivity index (χ2v) is 7.57. The van der Waals surface area contributed by atoms with Crippen LogP contribution in [0.4, 0.5) is 5.69 Å². The summed E-state index contributed by atoms with van der Waals surface area (Å²) in [5.41, 5.74) is 1.93. The van der Waals surface area contributed by atoms with Gasteiger partial charge in [-0.1, -0.05) is 36.4 Å². The summed E-state index contributed by atoms with van der Waals surface area (Å²) in [6.45, 7) is 0. The molecule has 0 atom stereocenters. The maximum absolute atomic E-state index is 13.2. The van der Waals surface area contributed by atoms with Gasteiger partial charge in [0.2, 0.25) is 0 Å². The zero-order valence-electron chi connectivity index (χ0n) is 13.9. The molecular formula is C20H15NO4S. The number of fused-ring (bicyclic) bond motifs is 3. The highest BCUT2D eigenvalue weighted by atomic mass is 32.2. The third-order valence-electron chi connectivity index (χ3n) is 4.34. The number of anilines is 1. The van der Waals surface area contributed by atoms with Crippen LogP contribution >= 0.6 is 0 Å². The molecule has 6 heteroatoms. The van der Waals surface area contributed by atoms with Crippen LogP contribution in [0, 0.1) is 0 Å². The van der Waals surface area contributed by atoms with Gasteiger partial charge in [-0.15, -0.1) is 0 Å². The molecule has 1 amide bonds. The Morgan fingerprint density at radius 2 is 1.46 bits per heavy atom. The van der Waals surface area contributed by atoms with Crippen LogP contribution in [-0.4, -0.2) is 21.4 Å². The van der Waals surface area contributed by atoms with Crippen molar-refractivity contribution >= 4 is 21.6 Å². The second kappa shape index (κ2) is 6.00. The zero-order valence-corrected chi connectivity index (χ0v) is 14.7. The normalized spacial score (nSPS) is 14.3. The highest BCUT2D eigenvalue weighted by Gasteiger charge is 2.39. The number of carbonyl (C=O) groups excluding carboxylic acids is 1. The van der Waals surface area contributed by atoms with E-state index in [0.29, 0.717) is 22.6 Å². The standard InChI is InChI=1S/C20H15NO4S/c1-25-15-12-10-14(11-13-15)20(22)21-18-8-4-2-6-16(18)17-7-3-5-9-19(17)26(21,23)24/h2-13H,1H3. The average Bonchev–Trinajstić information content (AvgIpc) is 2.68. The van der Waals surface area contributed by atoms with Crippen molar-refractivity contribution in [2.24, 2.45) is 0 Å². The number of benzene rings is 3. The Hall–Kier alpha value is -3.12. The minimum absolute atomic E-state index is 0.126. The number of nitrogens with zero attached hydrogens (tertiary/aromatic N) is 1. The molecule has 0 radical (unpaired) electrons. The summed E-state index contributed by atoms with van der Waals surface area (Å²) in [4.78, 5) is 13.2. The Morgan fingerprint density at radius 3 is 2.15 bits per heavy atom. The van der Waals surface area contributed by atoms with Gasteiger partial charge < -0.3 is 4.74 Å². The van der Waals surface area contributed by atoms with Crippen molar-refractivity contribution in [3.05, 3.63) is 78.4 Å². The molecular weight excluding hydrogens is 350 g/mol. The number of hydrogen-bond acceptors (Lipinski definition) is 4. The third kappa shape index (κ3) is 2.38. The van der Waals surface area contributed by atoms with Crippen molar-refractivity contribution in [1.82, 2.24) is 0 Å². The first-order chi connectivity index (χ1) is 12.5. The molecule has 1 heterocycles. The van der Waals surface area contributed by atoms with E-state index in [2.05, 4.69) is 0 Å². The van der Waals surface area contributed by atoms with E-state index >= 15 is 0 Å². The predicted molar refractivity (Wildman–Crippen MR) is 98.9 cm³/mol. The van der Waals surface area contributed by atoms with Crippen LogP contribution < -0.4 is 9.04 Å². The molecule has 0 unspecified atom stereocenters. The zero-order chi connectivity index (χ0) is 18.3. The molecule has 130 valence electrons. The molecule has 0 aromatic heterocycles. The molecule has 0 saturated carbocycles. The number of para-hydroxylation sites is 1. The van der Waals surface area contributed by atoms with Gasteiger partial charge in [0.25, 0.3) is 15.9 Å². The van der Waals surface area contributed by atoms with E-state index in [0.717, 1.165) is 4.31 Å². The lowest BCUT2D eigenvalue weighted by molar-refractivity contribution is 0.101. The summed E-state index contributed by atoms with van der Waals surface area (Å²) in [6, 6.07) is 20.1. The van der Waals surface area contributed by atoms with Crippen molar-refractivity contribution in [3.8, 4) is 16.9 Å². The fourth-order valence-electron chi connectivity index (χ4n) is 3.09. The minimum atomic E-state index is -4.01. The first-order valence-electron chi connectivity index (χ1n) is 7.96. The molecule has 1 aliphatic heterocycles. The Labute approximate surface area is 151 Å². The van der Waals surface area contributed by atoms with E-state index in [1.807, 2.05) is 12.1 Å². The number of rotatable bonds is 2. The molecule has 0 saturated heterocycles. The summed E-state index contributed by atoms with van der Waals surface area (Å²) >= 11 is 0. The quantitative estimate of drug-likeness (QED) is 0.694. The van der Waals surface area contributed by atoms with E-state index in [9.17, 15) is 13.2 Å². The maximum atomic E-state index is 13.2. The molecule has 0 N–H and O–H groups in total. The lowest BCUT2D eigenvalue weighted by Gasteiger charge is -2.30. The lowest BCUT2D eigenvalue weighted by atomic mass is 10.0. The lowest BCUT2D eigenvalue weighted by Crippen LogP contribution is -2.39. The first-order valence-corrected chi connectivity index (χ1v) is 9.40. The largest absolute Gasteiger partial charge is 0.497 e. The van der Waals surface area contributed by atoms with Gasteiger partial charge in [-0.25, -0.2) is 8.42 Å². The fraction of sp³-hybridized carbons (Fsp3) is 0.0500. The molecule has 5 nitrogen and oxygen atoms in total. The van der Waals surface area contributed by atoms with Gasteiger partial charge in [0.05, 0.1) is 17.7 Å². The second-order valence-electron chi connectivity index (χ2n) is 5.82. The number of sulfonamides is 1. The summed E-state index contributed by atoms with van der Waals surface area (Å²) in [5, 5.41) is 0. The average molecular weight is 365 g/mol. The Bertz CT molecular complexity index is 1100. The molecule has 0 bridgehead atoms. The fourth-order valence-corrected chi connectivity index (χ4v) is 4.73. The van der Waals surface area contributed by atoms with Gasteiger partial charge in [-0.2, -0.15) is 4.31 Å². The topological polar surface area (TPSA) is 63.7 Å². The highest BCUT2D eigenvalue weighted by Crippen LogP contribution is 2.43. The number of carbonyl (C=O) groups is 1. The molecule has 0 fully saturated rings. The Balaban J connectivity index is 1.92. The van der Waals surface area contributed by atoms with E-state index < -0.39 is 15.9 Å². The highest BCUT2D eigenvalue weighted by molar-refractivity contribution is 7.93. The minimum Gasteiger partial charge on any atom is -0.497 e. The summed E-state index contributed by atoms with van der Waals surface area (Å²) < 4.78 is 32.3. The molecule has 3 aromatic rings. The van der Waals surface area contributed by atoms with E-state index in [-0.39, 0.29) is 10.5 Å². The number of ether oxygens (including phenoxy) is 1. The molecule has 1 aliphatic rings.